The summed E-state index contributed by atoms with van der Waals surface area (Å²) in [6.45, 7) is 12.6. The zero-order valence-electron chi connectivity index (χ0n) is 27.2. The van der Waals surface area contributed by atoms with Crippen LogP contribution in [0.3, 0.4) is 0 Å². The molecule has 0 aromatic carbocycles. The SMILES string of the molecule is CCCCCCCCC(CCCCCCCC)OC(=O)CCCCCCCNCCCOCOCCCNCC. The number of ether oxygens (including phenoxy) is 3. The summed E-state index contributed by atoms with van der Waals surface area (Å²) in [6, 6.07) is 0. The van der Waals surface area contributed by atoms with E-state index in [1.165, 1.54) is 96.3 Å². The van der Waals surface area contributed by atoms with Crippen molar-refractivity contribution in [2.75, 3.05) is 46.2 Å². The van der Waals surface area contributed by atoms with Crippen molar-refractivity contribution in [2.45, 2.75) is 168 Å². The van der Waals surface area contributed by atoms with Gasteiger partial charge in [-0.1, -0.05) is 104 Å². The number of carbonyl (C=O) groups excluding carboxylic acids is 1. The third kappa shape index (κ3) is 31.8. The highest BCUT2D eigenvalue weighted by Gasteiger charge is 2.14. The van der Waals surface area contributed by atoms with Crippen LogP contribution >= 0.6 is 0 Å². The minimum Gasteiger partial charge on any atom is -0.462 e. The van der Waals surface area contributed by atoms with Crippen molar-refractivity contribution in [3.8, 4) is 0 Å². The first-order valence-electron chi connectivity index (χ1n) is 17.5. The van der Waals surface area contributed by atoms with Crippen LogP contribution < -0.4 is 10.6 Å². The molecule has 0 fully saturated rings. The second-order valence-corrected chi connectivity index (χ2v) is 11.5. The van der Waals surface area contributed by atoms with E-state index in [1.54, 1.807) is 0 Å². The maximum atomic E-state index is 12.5. The predicted octanol–water partition coefficient (Wildman–Crippen LogP) is 8.71. The van der Waals surface area contributed by atoms with Crippen molar-refractivity contribution in [2.24, 2.45) is 0 Å². The molecule has 0 saturated heterocycles. The average Bonchev–Trinajstić information content (AvgIpc) is 2.95. The van der Waals surface area contributed by atoms with Gasteiger partial charge in [0, 0.05) is 6.42 Å². The van der Waals surface area contributed by atoms with Gasteiger partial charge < -0.3 is 24.8 Å². The topological polar surface area (TPSA) is 68.8 Å². The lowest BCUT2D eigenvalue weighted by Crippen LogP contribution is -2.19. The molecule has 0 amide bonds. The summed E-state index contributed by atoms with van der Waals surface area (Å²) in [5, 5.41) is 6.78. The van der Waals surface area contributed by atoms with Gasteiger partial charge in [0.05, 0.1) is 13.2 Å². The molecular weight excluding hydrogens is 500 g/mol. The van der Waals surface area contributed by atoms with E-state index in [2.05, 4.69) is 31.4 Å². The van der Waals surface area contributed by atoms with Crippen molar-refractivity contribution in [3.05, 3.63) is 0 Å². The van der Waals surface area contributed by atoms with Crippen LogP contribution in [-0.2, 0) is 19.0 Å². The zero-order chi connectivity index (χ0) is 29.2. The van der Waals surface area contributed by atoms with Crippen LogP contribution in [0, 0.1) is 0 Å². The molecule has 2 N–H and O–H groups in total. The predicted molar refractivity (Wildman–Crippen MR) is 171 cm³/mol. The average molecular weight is 571 g/mol. The Hall–Kier alpha value is -0.690. The molecule has 0 aliphatic carbocycles. The highest BCUT2D eigenvalue weighted by atomic mass is 16.7. The third-order valence-electron chi connectivity index (χ3n) is 7.49. The molecule has 0 atom stereocenters. The fraction of sp³-hybridized carbons (Fsp3) is 0.971. The van der Waals surface area contributed by atoms with E-state index in [1.807, 2.05) is 0 Å². The summed E-state index contributed by atoms with van der Waals surface area (Å²) >= 11 is 0. The Morgan fingerprint density at radius 3 is 1.60 bits per heavy atom. The van der Waals surface area contributed by atoms with Gasteiger partial charge in [0.25, 0.3) is 0 Å². The number of nitrogens with one attached hydrogen (secondary N) is 2. The molecule has 240 valence electrons. The highest BCUT2D eigenvalue weighted by molar-refractivity contribution is 5.69. The standard InChI is InChI=1S/C34H70N2O4/c1-4-7-9-11-14-18-24-33(25-19-15-12-10-8-5-2)40-34(37)26-20-16-13-17-21-27-36-29-23-31-39-32-38-30-22-28-35-6-3/h33,35-36H,4-32H2,1-3H3. The maximum absolute atomic E-state index is 12.5. The molecule has 0 heterocycles. The molecule has 0 aromatic rings. The Bertz CT molecular complexity index is 477. The molecule has 0 spiro atoms. The second kappa shape index (κ2) is 34.5. The molecule has 0 saturated carbocycles. The van der Waals surface area contributed by atoms with Gasteiger partial charge in [-0.2, -0.15) is 0 Å². The first-order chi connectivity index (χ1) is 19.7. The molecule has 6 nitrogen and oxygen atoms in total. The number of hydrogen-bond acceptors (Lipinski definition) is 6. The van der Waals surface area contributed by atoms with Crippen LogP contribution in [0.5, 0.6) is 0 Å². The summed E-state index contributed by atoms with van der Waals surface area (Å²) in [6.07, 6.45) is 26.1. The summed E-state index contributed by atoms with van der Waals surface area (Å²) in [7, 11) is 0. The lowest BCUT2D eigenvalue weighted by atomic mass is 10.0. The molecule has 0 rings (SSSR count). The Morgan fingerprint density at radius 2 is 1.02 bits per heavy atom. The number of hydrogen-bond donors (Lipinski definition) is 2. The van der Waals surface area contributed by atoms with E-state index >= 15 is 0 Å². The summed E-state index contributed by atoms with van der Waals surface area (Å²) in [5.74, 6) is 0.0322. The molecular formula is C34H70N2O4. The Balaban J connectivity index is 3.69. The number of unbranched alkanes of at least 4 members (excludes halogenated alkanes) is 14. The molecule has 0 aromatic heterocycles. The lowest BCUT2D eigenvalue weighted by molar-refractivity contribution is -0.150. The second-order valence-electron chi connectivity index (χ2n) is 11.5. The van der Waals surface area contributed by atoms with E-state index in [-0.39, 0.29) is 12.1 Å². The molecule has 0 aliphatic heterocycles. The summed E-state index contributed by atoms with van der Waals surface area (Å²) in [4.78, 5) is 12.5. The van der Waals surface area contributed by atoms with Crippen molar-refractivity contribution in [1.82, 2.24) is 10.6 Å². The quantitative estimate of drug-likeness (QED) is 0.0458. The van der Waals surface area contributed by atoms with E-state index in [9.17, 15) is 4.79 Å². The van der Waals surface area contributed by atoms with Gasteiger partial charge in [0.15, 0.2) is 0 Å². The van der Waals surface area contributed by atoms with Crippen LogP contribution in [0.4, 0.5) is 0 Å². The van der Waals surface area contributed by atoms with Crippen molar-refractivity contribution < 1.29 is 19.0 Å². The lowest BCUT2D eigenvalue weighted by Gasteiger charge is -2.18. The van der Waals surface area contributed by atoms with Gasteiger partial charge in [-0.05, 0) is 77.5 Å². The Labute approximate surface area is 249 Å². The first kappa shape index (κ1) is 39.3. The number of carbonyl (C=O) groups is 1. The number of esters is 1. The molecule has 0 bridgehead atoms. The largest absolute Gasteiger partial charge is 0.462 e. The smallest absolute Gasteiger partial charge is 0.306 e. The van der Waals surface area contributed by atoms with Crippen LogP contribution in [0.2, 0.25) is 0 Å². The highest BCUT2D eigenvalue weighted by Crippen LogP contribution is 2.18. The Morgan fingerprint density at radius 1 is 0.550 bits per heavy atom. The van der Waals surface area contributed by atoms with Gasteiger partial charge in [-0.15, -0.1) is 0 Å². The normalized spacial score (nSPS) is 11.5. The maximum Gasteiger partial charge on any atom is 0.306 e. The minimum absolute atomic E-state index is 0.0322. The van der Waals surface area contributed by atoms with Crippen molar-refractivity contribution in [3.63, 3.8) is 0 Å². The van der Waals surface area contributed by atoms with E-state index in [0.717, 1.165) is 77.9 Å². The third-order valence-corrected chi connectivity index (χ3v) is 7.49. The van der Waals surface area contributed by atoms with Crippen LogP contribution in [0.25, 0.3) is 0 Å². The summed E-state index contributed by atoms with van der Waals surface area (Å²) in [5.41, 5.74) is 0. The van der Waals surface area contributed by atoms with E-state index < -0.39 is 0 Å². The van der Waals surface area contributed by atoms with Gasteiger partial charge in [0.2, 0.25) is 0 Å². The van der Waals surface area contributed by atoms with E-state index in [4.69, 9.17) is 14.2 Å². The summed E-state index contributed by atoms with van der Waals surface area (Å²) < 4.78 is 16.9. The molecule has 0 unspecified atom stereocenters. The molecule has 0 aliphatic rings. The Kier molecular flexibility index (Phi) is 33.9. The fourth-order valence-electron chi connectivity index (χ4n) is 4.94. The van der Waals surface area contributed by atoms with Gasteiger partial charge >= 0.3 is 5.97 Å². The molecule has 6 heteroatoms. The van der Waals surface area contributed by atoms with Gasteiger partial charge in [0.1, 0.15) is 12.9 Å². The van der Waals surface area contributed by atoms with Crippen molar-refractivity contribution in [1.29, 1.82) is 0 Å². The van der Waals surface area contributed by atoms with Crippen LogP contribution in [-0.4, -0.2) is 58.3 Å². The van der Waals surface area contributed by atoms with Crippen LogP contribution in [0.1, 0.15) is 162 Å². The molecule has 0 radical (unpaired) electrons. The fourth-order valence-corrected chi connectivity index (χ4v) is 4.94. The molecule has 40 heavy (non-hydrogen) atoms. The van der Waals surface area contributed by atoms with E-state index in [0.29, 0.717) is 13.2 Å². The van der Waals surface area contributed by atoms with Crippen molar-refractivity contribution >= 4 is 5.97 Å². The number of rotatable bonds is 34. The van der Waals surface area contributed by atoms with Gasteiger partial charge in [-0.25, -0.2) is 0 Å². The minimum atomic E-state index is 0.0322. The van der Waals surface area contributed by atoms with Gasteiger partial charge in [-0.3, -0.25) is 4.79 Å². The monoisotopic (exact) mass is 571 g/mol. The van der Waals surface area contributed by atoms with Crippen LogP contribution in [0.15, 0.2) is 0 Å². The zero-order valence-corrected chi connectivity index (χ0v) is 27.2. The first-order valence-corrected chi connectivity index (χ1v) is 17.5.